The average molecular weight is 379 g/mol. The first-order valence-electron chi connectivity index (χ1n) is 10.1. The molecule has 0 radical (unpaired) electrons. The zero-order chi connectivity index (χ0) is 20.4. The number of hydrogen-bond donors (Lipinski definition) is 0. The molecule has 1 unspecified atom stereocenters. The number of fused-ring (bicyclic) bond motifs is 3. The Labute approximate surface area is 172 Å². The van der Waals surface area contributed by atoms with Gasteiger partial charge in [-0.3, -0.25) is 9.97 Å². The van der Waals surface area contributed by atoms with Gasteiger partial charge in [-0.1, -0.05) is 73.7 Å². The number of benzene rings is 2. The third-order valence-electron chi connectivity index (χ3n) is 5.33. The number of hydrogen-bond acceptors (Lipinski definition) is 2. The molecule has 2 aromatic carbocycles. The Morgan fingerprint density at radius 2 is 1.45 bits per heavy atom. The van der Waals surface area contributed by atoms with Crippen molar-refractivity contribution in [3.05, 3.63) is 95.9 Å². The van der Waals surface area contributed by atoms with Gasteiger partial charge in [-0.05, 0) is 49.6 Å². The molecule has 0 amide bonds. The molecule has 0 saturated heterocycles. The SMILES string of the molecule is C/C=C\C=C/C(C)c1cc(C)nc2c1ccc1c(-c3ccccc3)cc(C)nc12. The van der Waals surface area contributed by atoms with Gasteiger partial charge in [-0.2, -0.15) is 0 Å². The van der Waals surface area contributed by atoms with Crippen LogP contribution in [0.25, 0.3) is 32.9 Å². The van der Waals surface area contributed by atoms with Crippen molar-refractivity contribution in [1.82, 2.24) is 9.97 Å². The third kappa shape index (κ3) is 3.71. The van der Waals surface area contributed by atoms with E-state index in [1.807, 2.05) is 13.0 Å². The number of nitrogens with zero attached hydrogens (tertiary/aromatic N) is 2. The summed E-state index contributed by atoms with van der Waals surface area (Å²) in [5.74, 6) is 0.297. The Morgan fingerprint density at radius 1 is 0.793 bits per heavy atom. The van der Waals surface area contributed by atoms with Crippen LogP contribution in [0.5, 0.6) is 0 Å². The molecule has 0 aliphatic carbocycles. The molecule has 2 heteroatoms. The zero-order valence-electron chi connectivity index (χ0n) is 17.5. The Balaban J connectivity index is 2.00. The standard InChI is InChI=1S/C27H26N2/c1-5-6-8-11-18(2)24-16-19(3)28-26-22(24)14-15-23-25(17-20(4)29-27(23)26)21-12-9-7-10-13-21/h5-18H,1-4H3/b6-5-,11-8-. The lowest BCUT2D eigenvalue weighted by molar-refractivity contribution is 0.971. The molecule has 2 nitrogen and oxygen atoms in total. The van der Waals surface area contributed by atoms with Crippen molar-refractivity contribution >= 4 is 21.8 Å². The lowest BCUT2D eigenvalue weighted by Crippen LogP contribution is -1.98. The Kier molecular flexibility index (Phi) is 5.26. The molecule has 144 valence electrons. The third-order valence-corrected chi connectivity index (χ3v) is 5.33. The van der Waals surface area contributed by atoms with E-state index in [0.717, 1.165) is 27.8 Å². The summed E-state index contributed by atoms with van der Waals surface area (Å²) in [6.07, 6.45) is 8.46. The molecular formula is C27H26N2. The monoisotopic (exact) mass is 378 g/mol. The molecule has 4 rings (SSSR count). The maximum absolute atomic E-state index is 4.92. The van der Waals surface area contributed by atoms with Crippen LogP contribution in [0.4, 0.5) is 0 Å². The highest BCUT2D eigenvalue weighted by molar-refractivity contribution is 6.09. The van der Waals surface area contributed by atoms with Crippen LogP contribution < -0.4 is 0 Å². The normalized spacial score (nSPS) is 13.1. The van der Waals surface area contributed by atoms with E-state index in [2.05, 4.69) is 93.6 Å². The quantitative estimate of drug-likeness (QED) is 0.275. The lowest BCUT2D eigenvalue weighted by Gasteiger charge is -2.15. The zero-order valence-corrected chi connectivity index (χ0v) is 17.5. The minimum absolute atomic E-state index is 0.297. The van der Waals surface area contributed by atoms with Crippen LogP contribution in [0.3, 0.4) is 0 Å². The highest BCUT2D eigenvalue weighted by Crippen LogP contribution is 2.35. The van der Waals surface area contributed by atoms with Gasteiger partial charge in [0.05, 0.1) is 11.0 Å². The fraction of sp³-hybridized carbons (Fsp3) is 0.185. The number of aromatic nitrogens is 2. The molecule has 1 atom stereocenters. The molecule has 29 heavy (non-hydrogen) atoms. The smallest absolute Gasteiger partial charge is 0.0974 e. The van der Waals surface area contributed by atoms with Crippen molar-refractivity contribution in [3.8, 4) is 11.1 Å². The summed E-state index contributed by atoms with van der Waals surface area (Å²) in [7, 11) is 0. The van der Waals surface area contributed by atoms with Gasteiger partial charge in [0.15, 0.2) is 0 Å². The molecule has 0 saturated carbocycles. The number of aryl methyl sites for hydroxylation is 2. The summed E-state index contributed by atoms with van der Waals surface area (Å²) in [4.78, 5) is 9.83. The van der Waals surface area contributed by atoms with E-state index in [9.17, 15) is 0 Å². The molecule has 2 aromatic heterocycles. The first-order valence-corrected chi connectivity index (χ1v) is 10.1. The van der Waals surface area contributed by atoms with Crippen molar-refractivity contribution in [2.24, 2.45) is 0 Å². The van der Waals surface area contributed by atoms with E-state index < -0.39 is 0 Å². The summed E-state index contributed by atoms with van der Waals surface area (Å²) in [6.45, 7) is 8.39. The van der Waals surface area contributed by atoms with Crippen LogP contribution in [0, 0.1) is 13.8 Å². The van der Waals surface area contributed by atoms with Crippen LogP contribution >= 0.6 is 0 Å². The minimum atomic E-state index is 0.297. The molecular weight excluding hydrogens is 352 g/mol. The maximum atomic E-state index is 4.92. The average Bonchev–Trinajstić information content (AvgIpc) is 2.73. The van der Waals surface area contributed by atoms with Gasteiger partial charge in [-0.25, -0.2) is 0 Å². The summed E-state index contributed by atoms with van der Waals surface area (Å²) in [5, 5.41) is 2.33. The molecule has 0 aliphatic heterocycles. The fourth-order valence-corrected chi connectivity index (χ4v) is 3.94. The van der Waals surface area contributed by atoms with Gasteiger partial charge in [-0.15, -0.1) is 0 Å². The molecule has 4 aromatic rings. The van der Waals surface area contributed by atoms with Gasteiger partial charge in [0.1, 0.15) is 0 Å². The van der Waals surface area contributed by atoms with Gasteiger partial charge in [0.2, 0.25) is 0 Å². The maximum Gasteiger partial charge on any atom is 0.0974 e. The molecule has 2 heterocycles. The predicted molar refractivity (Wildman–Crippen MR) is 124 cm³/mol. The summed E-state index contributed by atoms with van der Waals surface area (Å²) >= 11 is 0. The first-order chi connectivity index (χ1) is 14.1. The van der Waals surface area contributed by atoms with Gasteiger partial charge in [0.25, 0.3) is 0 Å². The van der Waals surface area contributed by atoms with Crippen LogP contribution in [0.2, 0.25) is 0 Å². The lowest BCUT2D eigenvalue weighted by atomic mass is 9.93. The Bertz CT molecular complexity index is 1230. The highest BCUT2D eigenvalue weighted by atomic mass is 14.8. The predicted octanol–water partition coefficient (Wildman–Crippen LogP) is 7.30. The molecule has 0 spiro atoms. The van der Waals surface area contributed by atoms with E-state index in [4.69, 9.17) is 9.97 Å². The van der Waals surface area contributed by atoms with Crippen molar-refractivity contribution in [2.45, 2.75) is 33.6 Å². The molecule has 0 aliphatic rings. The number of rotatable bonds is 4. The Morgan fingerprint density at radius 3 is 2.17 bits per heavy atom. The summed E-state index contributed by atoms with van der Waals surface area (Å²) < 4.78 is 0. The minimum Gasteiger partial charge on any atom is -0.251 e. The topological polar surface area (TPSA) is 25.8 Å². The summed E-state index contributed by atoms with van der Waals surface area (Å²) in [5.41, 5.74) is 7.71. The second kappa shape index (κ2) is 8.00. The second-order valence-electron chi connectivity index (χ2n) is 7.59. The molecule has 0 fully saturated rings. The number of pyridine rings is 2. The van der Waals surface area contributed by atoms with E-state index in [-0.39, 0.29) is 0 Å². The largest absolute Gasteiger partial charge is 0.251 e. The summed E-state index contributed by atoms with van der Waals surface area (Å²) in [6, 6.07) is 19.3. The highest BCUT2D eigenvalue weighted by Gasteiger charge is 2.15. The van der Waals surface area contributed by atoms with Crippen molar-refractivity contribution in [1.29, 1.82) is 0 Å². The van der Waals surface area contributed by atoms with Crippen molar-refractivity contribution in [3.63, 3.8) is 0 Å². The van der Waals surface area contributed by atoms with Gasteiger partial charge < -0.3 is 0 Å². The van der Waals surface area contributed by atoms with Crippen molar-refractivity contribution in [2.75, 3.05) is 0 Å². The second-order valence-corrected chi connectivity index (χ2v) is 7.59. The van der Waals surface area contributed by atoms with Crippen molar-refractivity contribution < 1.29 is 0 Å². The van der Waals surface area contributed by atoms with E-state index in [1.165, 1.54) is 22.1 Å². The van der Waals surface area contributed by atoms with E-state index in [0.29, 0.717) is 5.92 Å². The van der Waals surface area contributed by atoms with Gasteiger partial charge >= 0.3 is 0 Å². The molecule has 0 N–H and O–H groups in total. The van der Waals surface area contributed by atoms with Crippen LogP contribution in [-0.4, -0.2) is 9.97 Å². The Hall–Kier alpha value is -3.26. The fourth-order valence-electron chi connectivity index (χ4n) is 3.94. The first kappa shape index (κ1) is 19.1. The number of allylic oxidation sites excluding steroid dienone is 4. The van der Waals surface area contributed by atoms with Gasteiger partial charge in [0, 0.05) is 28.1 Å². The molecule has 0 bridgehead atoms. The van der Waals surface area contributed by atoms with Crippen LogP contribution in [0.1, 0.15) is 36.7 Å². The van der Waals surface area contributed by atoms with E-state index in [1.54, 1.807) is 0 Å². The van der Waals surface area contributed by atoms with Crippen LogP contribution in [0.15, 0.2) is 78.9 Å². The van der Waals surface area contributed by atoms with Crippen LogP contribution in [-0.2, 0) is 0 Å². The van der Waals surface area contributed by atoms with E-state index >= 15 is 0 Å².